The van der Waals surface area contributed by atoms with Gasteiger partial charge in [0.15, 0.2) is 10.1 Å². The molecule has 0 fully saturated rings. The maximum atomic E-state index is 12.5. The average Bonchev–Trinajstić information content (AvgIpc) is 3.19. The quantitative estimate of drug-likeness (QED) is 0.484. The molecule has 0 unspecified atom stereocenters. The Morgan fingerprint density at radius 3 is 2.88 bits per heavy atom. The van der Waals surface area contributed by atoms with E-state index in [2.05, 4.69) is 11.1 Å². The van der Waals surface area contributed by atoms with Gasteiger partial charge in [0.25, 0.3) is 5.91 Å². The number of hydrogen-bond acceptors (Lipinski definition) is 3. The zero-order valence-corrected chi connectivity index (χ0v) is 15.0. The minimum atomic E-state index is -0.128. The number of halogens is 1. The van der Waals surface area contributed by atoms with Crippen LogP contribution in [0.2, 0.25) is 5.15 Å². The van der Waals surface area contributed by atoms with Gasteiger partial charge < -0.3 is 4.90 Å². The molecular weight excluding hydrogens is 354 g/mol. The molecule has 4 nitrogen and oxygen atoms in total. The van der Waals surface area contributed by atoms with Crippen LogP contribution >= 0.6 is 22.9 Å². The van der Waals surface area contributed by atoms with Crippen LogP contribution in [0.5, 0.6) is 0 Å². The molecule has 0 radical (unpaired) electrons. The molecule has 4 rings (SSSR count). The van der Waals surface area contributed by atoms with E-state index in [0.29, 0.717) is 10.8 Å². The number of thiazole rings is 1. The van der Waals surface area contributed by atoms with Crippen molar-refractivity contribution in [3.63, 3.8) is 0 Å². The number of nitrogens with zero attached hydrogens (tertiary/aromatic N) is 3. The number of likely N-dealkylation sites (N-methyl/N-ethyl adjacent to an activating group) is 1. The Bertz CT molecular complexity index is 1110. The minimum Gasteiger partial charge on any atom is -0.312 e. The summed E-state index contributed by atoms with van der Waals surface area (Å²) in [7, 11) is 1.76. The third kappa shape index (κ3) is 2.92. The Morgan fingerprint density at radius 2 is 2.04 bits per heavy atom. The SMILES string of the molecule is CN(C(=O)C=Cc1c(Cl)nc2sccn12)c1ccc2ccccc2c1. The maximum absolute atomic E-state index is 12.5. The molecule has 0 N–H and O–H groups in total. The van der Waals surface area contributed by atoms with Gasteiger partial charge in [-0.3, -0.25) is 9.20 Å². The summed E-state index contributed by atoms with van der Waals surface area (Å²) >= 11 is 7.65. The number of amides is 1. The molecule has 0 aliphatic heterocycles. The highest BCUT2D eigenvalue weighted by Gasteiger charge is 2.11. The number of carbonyl (C=O) groups is 1. The van der Waals surface area contributed by atoms with Crippen LogP contribution in [0.3, 0.4) is 0 Å². The Labute approximate surface area is 153 Å². The van der Waals surface area contributed by atoms with Gasteiger partial charge >= 0.3 is 0 Å². The van der Waals surface area contributed by atoms with E-state index in [-0.39, 0.29) is 5.91 Å². The standard InChI is InChI=1S/C19H14ClN3OS/c1-22(15-7-6-13-4-2-3-5-14(13)12-15)17(24)9-8-16-18(20)21-19-23(16)10-11-25-19/h2-12H,1H3. The smallest absolute Gasteiger partial charge is 0.250 e. The van der Waals surface area contributed by atoms with E-state index in [1.54, 1.807) is 18.0 Å². The second-order valence-electron chi connectivity index (χ2n) is 5.61. The van der Waals surface area contributed by atoms with Crippen molar-refractivity contribution < 1.29 is 4.79 Å². The Balaban J connectivity index is 1.61. The fourth-order valence-electron chi connectivity index (χ4n) is 2.70. The van der Waals surface area contributed by atoms with E-state index < -0.39 is 0 Å². The molecule has 0 saturated heterocycles. The van der Waals surface area contributed by atoms with Crippen LogP contribution in [0, 0.1) is 0 Å². The van der Waals surface area contributed by atoms with Crippen LogP contribution in [0.4, 0.5) is 5.69 Å². The molecule has 2 heterocycles. The molecule has 0 spiro atoms. The average molecular weight is 368 g/mol. The predicted molar refractivity (Wildman–Crippen MR) is 104 cm³/mol. The molecule has 2 aromatic carbocycles. The van der Waals surface area contributed by atoms with Gasteiger partial charge in [-0.1, -0.05) is 41.9 Å². The zero-order valence-electron chi connectivity index (χ0n) is 13.4. The van der Waals surface area contributed by atoms with Crippen LogP contribution < -0.4 is 4.90 Å². The molecule has 4 aromatic rings. The van der Waals surface area contributed by atoms with E-state index in [1.807, 2.05) is 52.4 Å². The number of benzene rings is 2. The van der Waals surface area contributed by atoms with Gasteiger partial charge in [-0.05, 0) is 29.0 Å². The number of rotatable bonds is 3. The van der Waals surface area contributed by atoms with Crippen molar-refractivity contribution in [2.75, 3.05) is 11.9 Å². The number of fused-ring (bicyclic) bond motifs is 2. The third-order valence-electron chi connectivity index (χ3n) is 4.09. The second kappa shape index (κ2) is 6.35. The second-order valence-corrected chi connectivity index (χ2v) is 6.84. The summed E-state index contributed by atoms with van der Waals surface area (Å²) in [6.07, 6.45) is 5.10. The maximum Gasteiger partial charge on any atom is 0.250 e. The highest BCUT2D eigenvalue weighted by atomic mass is 35.5. The molecule has 2 aromatic heterocycles. The molecule has 0 aliphatic carbocycles. The molecule has 0 aliphatic rings. The highest BCUT2D eigenvalue weighted by Crippen LogP contribution is 2.24. The van der Waals surface area contributed by atoms with Gasteiger partial charge in [0, 0.05) is 30.4 Å². The van der Waals surface area contributed by atoms with Crippen molar-refractivity contribution in [2.24, 2.45) is 0 Å². The lowest BCUT2D eigenvalue weighted by Crippen LogP contribution is -2.23. The van der Waals surface area contributed by atoms with E-state index in [1.165, 1.54) is 17.4 Å². The first-order valence-electron chi connectivity index (χ1n) is 7.69. The van der Waals surface area contributed by atoms with Crippen LogP contribution in [0.1, 0.15) is 5.69 Å². The van der Waals surface area contributed by atoms with Crippen LogP contribution in [-0.4, -0.2) is 22.3 Å². The van der Waals surface area contributed by atoms with E-state index in [4.69, 9.17) is 11.6 Å². The summed E-state index contributed by atoms with van der Waals surface area (Å²) in [5.74, 6) is -0.128. The summed E-state index contributed by atoms with van der Waals surface area (Å²) in [5, 5.41) is 4.57. The summed E-state index contributed by atoms with van der Waals surface area (Å²) < 4.78 is 1.87. The predicted octanol–water partition coefficient (Wildman–Crippen LogP) is 4.88. The molecule has 0 bridgehead atoms. The fraction of sp³-hybridized carbons (Fsp3) is 0.0526. The number of imidazole rings is 1. The lowest BCUT2D eigenvalue weighted by atomic mass is 10.1. The zero-order chi connectivity index (χ0) is 17.4. The Hall–Kier alpha value is -2.63. The Kier molecular flexibility index (Phi) is 4.03. The first-order chi connectivity index (χ1) is 12.1. The number of aromatic nitrogens is 2. The van der Waals surface area contributed by atoms with Crippen molar-refractivity contribution in [1.82, 2.24) is 9.38 Å². The molecule has 6 heteroatoms. The van der Waals surface area contributed by atoms with Gasteiger partial charge in [-0.25, -0.2) is 4.98 Å². The largest absolute Gasteiger partial charge is 0.312 e. The summed E-state index contributed by atoms with van der Waals surface area (Å²) in [4.78, 5) is 19.2. The topological polar surface area (TPSA) is 37.6 Å². The number of carbonyl (C=O) groups excluding carboxylic acids is 1. The lowest BCUT2D eigenvalue weighted by Gasteiger charge is -2.16. The van der Waals surface area contributed by atoms with Crippen LogP contribution in [0.15, 0.2) is 60.1 Å². The molecule has 124 valence electrons. The van der Waals surface area contributed by atoms with Crippen molar-refractivity contribution in [3.05, 3.63) is 71.0 Å². The summed E-state index contributed by atoms with van der Waals surface area (Å²) in [6, 6.07) is 14.0. The highest BCUT2D eigenvalue weighted by molar-refractivity contribution is 7.15. The molecule has 0 saturated carbocycles. The monoisotopic (exact) mass is 367 g/mol. The van der Waals surface area contributed by atoms with E-state index >= 15 is 0 Å². The minimum absolute atomic E-state index is 0.128. The third-order valence-corrected chi connectivity index (χ3v) is 5.12. The van der Waals surface area contributed by atoms with Gasteiger partial charge in [0.2, 0.25) is 0 Å². The first-order valence-corrected chi connectivity index (χ1v) is 8.95. The van der Waals surface area contributed by atoms with Gasteiger partial charge in [0.1, 0.15) is 0 Å². The summed E-state index contributed by atoms with van der Waals surface area (Å²) in [5.41, 5.74) is 1.55. The Morgan fingerprint density at radius 1 is 1.24 bits per heavy atom. The van der Waals surface area contributed by atoms with Gasteiger partial charge in [-0.15, -0.1) is 11.3 Å². The molecule has 0 atom stereocenters. The van der Waals surface area contributed by atoms with Crippen LogP contribution in [0.25, 0.3) is 21.8 Å². The normalized spacial score (nSPS) is 11.6. The van der Waals surface area contributed by atoms with Crippen molar-refractivity contribution >= 4 is 56.3 Å². The fourth-order valence-corrected chi connectivity index (χ4v) is 3.71. The number of hydrogen-bond donors (Lipinski definition) is 0. The van der Waals surface area contributed by atoms with Gasteiger partial charge in [-0.2, -0.15) is 0 Å². The van der Waals surface area contributed by atoms with Crippen molar-refractivity contribution in [2.45, 2.75) is 0 Å². The summed E-state index contributed by atoms with van der Waals surface area (Å²) in [6.45, 7) is 0. The number of anilines is 1. The first kappa shape index (κ1) is 15.9. The van der Waals surface area contributed by atoms with Crippen molar-refractivity contribution in [3.8, 4) is 0 Å². The molecule has 1 amide bonds. The van der Waals surface area contributed by atoms with E-state index in [9.17, 15) is 4.79 Å². The molecule has 25 heavy (non-hydrogen) atoms. The van der Waals surface area contributed by atoms with Crippen LogP contribution in [-0.2, 0) is 4.79 Å². The van der Waals surface area contributed by atoms with Crippen molar-refractivity contribution in [1.29, 1.82) is 0 Å². The van der Waals surface area contributed by atoms with Gasteiger partial charge in [0.05, 0.1) is 5.69 Å². The molecular formula is C19H14ClN3OS. The van der Waals surface area contributed by atoms with E-state index in [0.717, 1.165) is 21.4 Å². The lowest BCUT2D eigenvalue weighted by molar-refractivity contribution is -0.113.